The van der Waals surface area contributed by atoms with E-state index in [1.807, 2.05) is 11.2 Å². The molecule has 0 amide bonds. The molecule has 1 aliphatic rings. The van der Waals surface area contributed by atoms with E-state index in [0.717, 1.165) is 0 Å². The third-order valence-electron chi connectivity index (χ3n) is 1.76. The van der Waals surface area contributed by atoms with Gasteiger partial charge in [0, 0.05) is 13.1 Å². The Kier molecular flexibility index (Phi) is 3.48. The summed E-state index contributed by atoms with van der Waals surface area (Å²) in [5, 5.41) is 8.62. The molecule has 1 aliphatic heterocycles. The zero-order chi connectivity index (χ0) is 8.10. The highest BCUT2D eigenvalue weighted by Crippen LogP contribution is 2.02. The first-order chi connectivity index (χ1) is 5.38. The van der Waals surface area contributed by atoms with Gasteiger partial charge in [0.15, 0.2) is 0 Å². The van der Waals surface area contributed by atoms with E-state index < -0.39 is 0 Å². The lowest BCUT2D eigenvalue weighted by Gasteiger charge is -2.30. The maximum Gasteiger partial charge on any atom is 0.219 e. The Bertz CT molecular complexity index is 127. The second kappa shape index (κ2) is 4.43. The highest BCUT2D eigenvalue weighted by Gasteiger charge is 2.21. The summed E-state index contributed by atoms with van der Waals surface area (Å²) >= 11 is 0. The Hall–Kier alpha value is -0.450. The van der Waals surface area contributed by atoms with Crippen LogP contribution in [0.25, 0.3) is 0 Å². The van der Waals surface area contributed by atoms with Crippen LogP contribution in [0.2, 0.25) is 0 Å². The predicted octanol–water partition coefficient (Wildman–Crippen LogP) is -1.21. The number of morpholine rings is 1. The van der Waals surface area contributed by atoms with Crippen molar-refractivity contribution in [3.8, 4) is 0 Å². The third-order valence-corrected chi connectivity index (χ3v) is 1.76. The van der Waals surface area contributed by atoms with E-state index in [9.17, 15) is 4.79 Å². The highest BCUT2D eigenvalue weighted by atomic mass is 16.5. The summed E-state index contributed by atoms with van der Waals surface area (Å²) in [4.78, 5) is 12.2. The second-order valence-corrected chi connectivity index (χ2v) is 2.47. The number of aliphatic hydroxyl groups is 1. The first-order valence-electron chi connectivity index (χ1n) is 3.69. The van der Waals surface area contributed by atoms with Crippen molar-refractivity contribution in [1.82, 2.24) is 4.90 Å². The van der Waals surface area contributed by atoms with Gasteiger partial charge in [-0.05, 0) is 0 Å². The lowest BCUT2D eigenvalue weighted by Crippen LogP contribution is -2.47. The van der Waals surface area contributed by atoms with Crippen LogP contribution in [0.5, 0.6) is 0 Å². The molecule has 11 heavy (non-hydrogen) atoms. The van der Waals surface area contributed by atoms with Crippen LogP contribution >= 0.6 is 0 Å². The second-order valence-electron chi connectivity index (χ2n) is 2.47. The van der Waals surface area contributed by atoms with E-state index >= 15 is 0 Å². The van der Waals surface area contributed by atoms with Gasteiger partial charge in [-0.25, -0.2) is 0 Å². The largest absolute Gasteiger partial charge is 0.395 e. The van der Waals surface area contributed by atoms with Gasteiger partial charge in [0.25, 0.3) is 0 Å². The van der Waals surface area contributed by atoms with Gasteiger partial charge < -0.3 is 9.84 Å². The molecule has 4 heteroatoms. The van der Waals surface area contributed by atoms with Gasteiger partial charge in [0.1, 0.15) is 6.04 Å². The molecule has 4 nitrogen and oxygen atoms in total. The van der Waals surface area contributed by atoms with Gasteiger partial charge in [-0.3, -0.25) is 9.69 Å². The molecular weight excluding hydrogens is 146 g/mol. The molecule has 0 aromatic heterocycles. The Morgan fingerprint density at radius 1 is 1.73 bits per heavy atom. The van der Waals surface area contributed by atoms with Crippen LogP contribution in [-0.4, -0.2) is 55.2 Å². The summed E-state index contributed by atoms with van der Waals surface area (Å²) < 4.78 is 5.06. The normalized spacial score (nSPS) is 26.8. The van der Waals surface area contributed by atoms with Crippen LogP contribution < -0.4 is 0 Å². The minimum Gasteiger partial charge on any atom is -0.395 e. The van der Waals surface area contributed by atoms with Crippen molar-refractivity contribution in [2.45, 2.75) is 6.04 Å². The maximum absolute atomic E-state index is 10.3. The fraction of sp³-hybridized carbons (Fsp3) is 0.857. The van der Waals surface area contributed by atoms with Crippen LogP contribution in [0.1, 0.15) is 0 Å². The number of aliphatic hydroxyl groups excluding tert-OH is 1. The van der Waals surface area contributed by atoms with Crippen LogP contribution in [0, 0.1) is 0 Å². The molecular formula is C7H12NO3. The molecule has 0 aromatic rings. The van der Waals surface area contributed by atoms with Crippen molar-refractivity contribution in [3.05, 3.63) is 0 Å². The van der Waals surface area contributed by atoms with Crippen molar-refractivity contribution in [3.63, 3.8) is 0 Å². The van der Waals surface area contributed by atoms with Gasteiger partial charge in [-0.1, -0.05) is 0 Å². The first kappa shape index (κ1) is 8.64. The number of hydrogen-bond acceptors (Lipinski definition) is 4. The minimum absolute atomic E-state index is 0.0815. The Labute approximate surface area is 65.8 Å². The molecule has 0 saturated carbocycles. The molecule has 0 aromatic carbocycles. The smallest absolute Gasteiger partial charge is 0.219 e. The van der Waals surface area contributed by atoms with Gasteiger partial charge in [0.2, 0.25) is 6.29 Å². The molecule has 0 spiro atoms. The van der Waals surface area contributed by atoms with Crippen molar-refractivity contribution in [2.24, 2.45) is 0 Å². The van der Waals surface area contributed by atoms with Crippen LogP contribution in [0.15, 0.2) is 0 Å². The number of hydrogen-bond donors (Lipinski definition) is 1. The molecule has 1 heterocycles. The summed E-state index contributed by atoms with van der Waals surface area (Å²) in [6, 6.07) is -0.282. The number of β-amino-alcohol motifs (C(OH)–C–C–N with tert-alkyl or cyclic N) is 1. The molecule has 1 N–H and O–H groups in total. The van der Waals surface area contributed by atoms with E-state index in [1.165, 1.54) is 0 Å². The molecule has 0 bridgehead atoms. The van der Waals surface area contributed by atoms with Crippen LogP contribution in [0.3, 0.4) is 0 Å². The SMILES string of the molecule is O=[C]C1COCCN1CCO. The van der Waals surface area contributed by atoms with Gasteiger partial charge in [0.05, 0.1) is 19.8 Å². The number of nitrogens with zero attached hydrogens (tertiary/aromatic N) is 1. The monoisotopic (exact) mass is 158 g/mol. The van der Waals surface area contributed by atoms with Crippen molar-refractivity contribution in [1.29, 1.82) is 0 Å². The first-order valence-corrected chi connectivity index (χ1v) is 3.69. The van der Waals surface area contributed by atoms with Gasteiger partial charge in [-0.2, -0.15) is 0 Å². The van der Waals surface area contributed by atoms with Crippen molar-refractivity contribution >= 4 is 6.29 Å². The third kappa shape index (κ3) is 2.25. The molecule has 1 radical (unpaired) electrons. The lowest BCUT2D eigenvalue weighted by atomic mass is 10.2. The minimum atomic E-state index is -0.282. The number of carbonyl (C=O) groups excluding carboxylic acids is 1. The predicted molar refractivity (Wildman–Crippen MR) is 39.0 cm³/mol. The molecule has 1 atom stereocenters. The maximum atomic E-state index is 10.3. The lowest BCUT2D eigenvalue weighted by molar-refractivity contribution is 0.00965. The van der Waals surface area contributed by atoms with Crippen molar-refractivity contribution < 1.29 is 14.6 Å². The molecule has 63 valence electrons. The molecule has 1 fully saturated rings. The van der Waals surface area contributed by atoms with E-state index in [1.54, 1.807) is 0 Å². The fourth-order valence-corrected chi connectivity index (χ4v) is 1.14. The molecule has 1 saturated heterocycles. The van der Waals surface area contributed by atoms with Gasteiger partial charge >= 0.3 is 0 Å². The molecule has 1 rings (SSSR count). The number of ether oxygens (including phenoxy) is 1. The topological polar surface area (TPSA) is 49.8 Å². The summed E-state index contributed by atoms with van der Waals surface area (Å²) in [6.45, 7) is 2.36. The highest BCUT2D eigenvalue weighted by molar-refractivity contribution is 5.58. The Morgan fingerprint density at radius 3 is 3.18 bits per heavy atom. The van der Waals surface area contributed by atoms with E-state index in [2.05, 4.69) is 0 Å². The zero-order valence-corrected chi connectivity index (χ0v) is 6.32. The van der Waals surface area contributed by atoms with E-state index in [-0.39, 0.29) is 12.6 Å². The fourth-order valence-electron chi connectivity index (χ4n) is 1.14. The Balaban J connectivity index is 2.37. The summed E-state index contributed by atoms with van der Waals surface area (Å²) in [5.41, 5.74) is 0. The van der Waals surface area contributed by atoms with E-state index in [0.29, 0.717) is 26.3 Å². The standard InChI is InChI=1S/C7H12NO3/c9-3-1-8-2-4-11-6-7(8)5-10/h7,9H,1-4,6H2. The van der Waals surface area contributed by atoms with E-state index in [4.69, 9.17) is 9.84 Å². The zero-order valence-electron chi connectivity index (χ0n) is 6.32. The molecule has 0 aliphatic carbocycles. The summed E-state index contributed by atoms with van der Waals surface area (Å²) in [7, 11) is 0. The summed E-state index contributed by atoms with van der Waals surface area (Å²) in [6.07, 6.45) is 1.88. The van der Waals surface area contributed by atoms with Crippen molar-refractivity contribution in [2.75, 3.05) is 32.9 Å². The number of rotatable bonds is 3. The molecule has 1 unspecified atom stereocenters. The van der Waals surface area contributed by atoms with Crippen LogP contribution in [0.4, 0.5) is 0 Å². The summed E-state index contributed by atoms with van der Waals surface area (Å²) in [5.74, 6) is 0. The van der Waals surface area contributed by atoms with Crippen LogP contribution in [-0.2, 0) is 9.53 Å². The van der Waals surface area contributed by atoms with Gasteiger partial charge in [-0.15, -0.1) is 0 Å². The Morgan fingerprint density at radius 2 is 2.55 bits per heavy atom. The average molecular weight is 158 g/mol. The quantitative estimate of drug-likeness (QED) is 0.560. The average Bonchev–Trinajstić information content (AvgIpc) is 2.06.